The molecule has 0 aliphatic rings. The Labute approximate surface area is 174 Å². The molecule has 4 aromatic rings. The quantitative estimate of drug-likeness (QED) is 0.335. The molecule has 0 amide bonds. The van der Waals surface area contributed by atoms with E-state index in [4.69, 9.17) is 10.00 Å². The van der Waals surface area contributed by atoms with Gasteiger partial charge in [0.1, 0.15) is 17.2 Å². The summed E-state index contributed by atoms with van der Waals surface area (Å²) in [5, 5.41) is 9.90. The van der Waals surface area contributed by atoms with Gasteiger partial charge in [0, 0.05) is 20.1 Å². The minimum Gasteiger partial charge on any atom is -0.487 e. The van der Waals surface area contributed by atoms with Crippen LogP contribution in [0.25, 0.3) is 10.1 Å². The molecule has 1 heterocycles. The van der Waals surface area contributed by atoms with Crippen molar-refractivity contribution in [3.8, 4) is 11.8 Å². The summed E-state index contributed by atoms with van der Waals surface area (Å²) < 4.78 is 8.14. The molecular weight excluding hydrogens is 434 g/mol. The number of halogens is 1. The van der Waals surface area contributed by atoms with E-state index in [9.17, 15) is 4.79 Å². The van der Waals surface area contributed by atoms with Crippen molar-refractivity contribution in [2.45, 2.75) is 6.61 Å². The van der Waals surface area contributed by atoms with Gasteiger partial charge < -0.3 is 4.74 Å². The first-order valence-electron chi connectivity index (χ1n) is 8.59. The van der Waals surface area contributed by atoms with E-state index in [0.717, 1.165) is 20.1 Å². The summed E-state index contributed by atoms with van der Waals surface area (Å²) in [4.78, 5) is 13.7. The minimum absolute atomic E-state index is 0.100. The van der Waals surface area contributed by atoms with Gasteiger partial charge in [-0.1, -0.05) is 40.2 Å². The molecule has 3 nitrogen and oxygen atoms in total. The van der Waals surface area contributed by atoms with Gasteiger partial charge >= 0.3 is 0 Å². The van der Waals surface area contributed by atoms with Crippen LogP contribution in [0.3, 0.4) is 0 Å². The highest BCUT2D eigenvalue weighted by molar-refractivity contribution is 9.10. The summed E-state index contributed by atoms with van der Waals surface area (Å²) in [6, 6.07) is 24.5. The van der Waals surface area contributed by atoms with Crippen LogP contribution in [0.5, 0.6) is 5.75 Å². The molecule has 0 bridgehead atoms. The van der Waals surface area contributed by atoms with Crippen LogP contribution >= 0.6 is 27.3 Å². The van der Waals surface area contributed by atoms with Crippen LogP contribution in [0.15, 0.2) is 77.3 Å². The first-order chi connectivity index (χ1) is 13.7. The fourth-order valence-electron chi connectivity index (χ4n) is 2.88. The summed E-state index contributed by atoms with van der Waals surface area (Å²) >= 11 is 4.86. The third-order valence-corrected chi connectivity index (χ3v) is 6.01. The maximum Gasteiger partial charge on any atom is 0.206 e. The average molecular weight is 448 g/mol. The van der Waals surface area contributed by atoms with E-state index < -0.39 is 0 Å². The Morgan fingerprint density at radius 3 is 2.43 bits per heavy atom. The largest absolute Gasteiger partial charge is 0.487 e. The number of thiophene rings is 1. The van der Waals surface area contributed by atoms with Crippen molar-refractivity contribution in [3.05, 3.63) is 98.8 Å². The Kier molecular flexibility index (Phi) is 5.25. The van der Waals surface area contributed by atoms with E-state index in [-0.39, 0.29) is 5.78 Å². The number of ether oxygens (including phenoxy) is 1. The van der Waals surface area contributed by atoms with Gasteiger partial charge in [-0.25, -0.2) is 0 Å². The van der Waals surface area contributed by atoms with Crippen molar-refractivity contribution in [1.82, 2.24) is 0 Å². The zero-order valence-corrected chi connectivity index (χ0v) is 17.1. The molecule has 0 aliphatic heterocycles. The molecule has 0 fully saturated rings. The number of fused-ring (bicyclic) bond motifs is 1. The molecule has 0 aliphatic carbocycles. The molecule has 0 saturated carbocycles. The highest BCUT2D eigenvalue weighted by Gasteiger charge is 2.21. The molecule has 0 saturated heterocycles. The number of rotatable bonds is 5. The number of carbonyl (C=O) groups is 1. The number of carbonyl (C=O) groups excluding carboxylic acids is 1. The SMILES string of the molecule is N#Cc1ccc(C(=O)c2sc3ccccc3c2OCc2ccc(Br)cc2)cc1. The van der Waals surface area contributed by atoms with Crippen molar-refractivity contribution < 1.29 is 9.53 Å². The molecule has 4 rings (SSSR count). The first-order valence-corrected chi connectivity index (χ1v) is 10.2. The zero-order valence-electron chi connectivity index (χ0n) is 14.7. The van der Waals surface area contributed by atoms with Crippen molar-refractivity contribution in [1.29, 1.82) is 5.26 Å². The fraction of sp³-hybridized carbons (Fsp3) is 0.0435. The van der Waals surface area contributed by atoms with Crippen LogP contribution in [-0.2, 0) is 6.61 Å². The van der Waals surface area contributed by atoms with E-state index in [1.165, 1.54) is 11.3 Å². The van der Waals surface area contributed by atoms with Gasteiger partial charge in [0.15, 0.2) is 0 Å². The Balaban J connectivity index is 1.70. The molecule has 3 aromatic carbocycles. The molecule has 1 aromatic heterocycles. The smallest absolute Gasteiger partial charge is 0.206 e. The summed E-state index contributed by atoms with van der Waals surface area (Å²) in [5.74, 6) is 0.509. The summed E-state index contributed by atoms with van der Waals surface area (Å²) in [6.45, 7) is 0.377. The summed E-state index contributed by atoms with van der Waals surface area (Å²) in [6.07, 6.45) is 0. The third-order valence-electron chi connectivity index (χ3n) is 4.33. The summed E-state index contributed by atoms with van der Waals surface area (Å²) in [5.41, 5.74) is 2.09. The number of ketones is 1. The normalized spacial score (nSPS) is 10.6. The molecule has 0 unspecified atom stereocenters. The molecular formula is C23H14BrNO2S. The van der Waals surface area contributed by atoms with Gasteiger partial charge in [-0.05, 0) is 54.1 Å². The fourth-order valence-corrected chi connectivity index (χ4v) is 4.25. The molecule has 0 atom stereocenters. The highest BCUT2D eigenvalue weighted by atomic mass is 79.9. The van der Waals surface area contributed by atoms with Gasteiger partial charge in [0.05, 0.1) is 11.6 Å². The van der Waals surface area contributed by atoms with Crippen LogP contribution < -0.4 is 4.74 Å². The minimum atomic E-state index is -0.100. The van der Waals surface area contributed by atoms with E-state index in [0.29, 0.717) is 28.4 Å². The second kappa shape index (κ2) is 7.97. The lowest BCUT2D eigenvalue weighted by molar-refractivity contribution is 0.103. The average Bonchev–Trinajstić information content (AvgIpc) is 3.11. The maximum atomic E-state index is 13.1. The van der Waals surface area contributed by atoms with E-state index in [1.807, 2.05) is 48.5 Å². The van der Waals surface area contributed by atoms with Crippen molar-refractivity contribution >= 4 is 43.1 Å². The second-order valence-electron chi connectivity index (χ2n) is 6.19. The zero-order chi connectivity index (χ0) is 19.5. The van der Waals surface area contributed by atoms with Crippen LogP contribution in [0.2, 0.25) is 0 Å². The predicted octanol–water partition coefficient (Wildman–Crippen LogP) is 6.35. The maximum absolute atomic E-state index is 13.1. The molecule has 136 valence electrons. The Morgan fingerprint density at radius 1 is 1.00 bits per heavy atom. The lowest BCUT2D eigenvalue weighted by Crippen LogP contribution is -2.03. The highest BCUT2D eigenvalue weighted by Crippen LogP contribution is 2.39. The topological polar surface area (TPSA) is 50.1 Å². The van der Waals surface area contributed by atoms with Crippen LogP contribution in [-0.4, -0.2) is 5.78 Å². The standard InChI is InChI=1S/C23H14BrNO2S/c24-18-11-7-16(8-12-18)14-27-22-19-3-1-2-4-20(19)28-23(22)21(26)17-9-5-15(13-25)6-10-17/h1-12H,14H2. The number of hydrogen-bond acceptors (Lipinski definition) is 4. The number of hydrogen-bond donors (Lipinski definition) is 0. The third kappa shape index (κ3) is 3.70. The summed E-state index contributed by atoms with van der Waals surface area (Å²) in [7, 11) is 0. The lowest BCUT2D eigenvalue weighted by Gasteiger charge is -2.08. The van der Waals surface area contributed by atoms with E-state index in [1.54, 1.807) is 24.3 Å². The van der Waals surface area contributed by atoms with Gasteiger partial charge in [-0.2, -0.15) is 5.26 Å². The van der Waals surface area contributed by atoms with E-state index in [2.05, 4.69) is 22.0 Å². The number of benzene rings is 3. The van der Waals surface area contributed by atoms with Gasteiger partial charge in [0.2, 0.25) is 5.78 Å². The van der Waals surface area contributed by atoms with Crippen molar-refractivity contribution in [2.24, 2.45) is 0 Å². The Bertz CT molecular complexity index is 1190. The van der Waals surface area contributed by atoms with E-state index >= 15 is 0 Å². The Hall–Kier alpha value is -2.94. The monoisotopic (exact) mass is 447 g/mol. The van der Waals surface area contributed by atoms with Gasteiger partial charge in [-0.15, -0.1) is 11.3 Å². The molecule has 0 spiro atoms. The first kappa shape index (κ1) is 18.4. The van der Waals surface area contributed by atoms with Crippen LogP contribution in [0.4, 0.5) is 0 Å². The number of nitriles is 1. The van der Waals surface area contributed by atoms with Gasteiger partial charge in [0.25, 0.3) is 0 Å². The number of nitrogens with zero attached hydrogens (tertiary/aromatic N) is 1. The second-order valence-corrected chi connectivity index (χ2v) is 8.16. The van der Waals surface area contributed by atoms with Crippen molar-refractivity contribution in [2.75, 3.05) is 0 Å². The molecule has 0 N–H and O–H groups in total. The Morgan fingerprint density at radius 2 is 1.71 bits per heavy atom. The lowest BCUT2D eigenvalue weighted by atomic mass is 10.1. The van der Waals surface area contributed by atoms with Gasteiger partial charge in [-0.3, -0.25) is 4.79 Å². The molecule has 28 heavy (non-hydrogen) atoms. The van der Waals surface area contributed by atoms with Crippen LogP contribution in [0.1, 0.15) is 26.4 Å². The molecule has 0 radical (unpaired) electrons. The van der Waals surface area contributed by atoms with Crippen molar-refractivity contribution in [3.63, 3.8) is 0 Å². The molecule has 5 heteroatoms. The van der Waals surface area contributed by atoms with Crippen LogP contribution in [0, 0.1) is 11.3 Å². The predicted molar refractivity (Wildman–Crippen MR) is 115 cm³/mol.